The van der Waals surface area contributed by atoms with Crippen LogP contribution in [0.15, 0.2) is 24.3 Å². The van der Waals surface area contributed by atoms with E-state index >= 15 is 0 Å². The summed E-state index contributed by atoms with van der Waals surface area (Å²) in [4.78, 5) is 12.3. The number of methoxy groups -OCH3 is 1. The Balaban J connectivity index is 2.00. The van der Waals surface area contributed by atoms with E-state index in [0.29, 0.717) is 5.92 Å². The molecule has 0 aliphatic heterocycles. The van der Waals surface area contributed by atoms with E-state index < -0.39 is 5.60 Å². The van der Waals surface area contributed by atoms with E-state index in [1.165, 1.54) is 0 Å². The molecule has 1 aromatic rings. The summed E-state index contributed by atoms with van der Waals surface area (Å²) in [5, 5.41) is 2.92. The minimum atomic E-state index is -0.729. The number of amides is 1. The van der Waals surface area contributed by atoms with Crippen molar-refractivity contribution in [2.75, 3.05) is 12.4 Å². The van der Waals surface area contributed by atoms with E-state index in [4.69, 9.17) is 9.47 Å². The average Bonchev–Trinajstić information content (AvgIpc) is 3.24. The molecule has 1 amide bonds. The van der Waals surface area contributed by atoms with Crippen LogP contribution < -0.4 is 10.1 Å². The normalized spacial score (nSPS) is 17.6. The van der Waals surface area contributed by atoms with E-state index in [1.54, 1.807) is 7.11 Å². The zero-order chi connectivity index (χ0) is 14.8. The van der Waals surface area contributed by atoms with Crippen molar-refractivity contribution >= 4 is 11.6 Å². The first-order chi connectivity index (χ1) is 9.45. The van der Waals surface area contributed by atoms with E-state index in [-0.39, 0.29) is 12.0 Å². The van der Waals surface area contributed by atoms with Crippen LogP contribution in [0.25, 0.3) is 0 Å². The monoisotopic (exact) mass is 277 g/mol. The fourth-order valence-electron chi connectivity index (χ4n) is 2.22. The number of hydrogen-bond donors (Lipinski definition) is 1. The van der Waals surface area contributed by atoms with Crippen LogP contribution in [0.4, 0.5) is 5.69 Å². The van der Waals surface area contributed by atoms with Gasteiger partial charge in [0.1, 0.15) is 11.4 Å². The molecule has 0 saturated heterocycles. The molecule has 20 heavy (non-hydrogen) atoms. The molecular formula is C16H23NO3. The number of carbonyl (C=O) groups excluding carboxylic acids is 1. The van der Waals surface area contributed by atoms with E-state index in [2.05, 4.69) is 5.32 Å². The molecule has 1 aromatic carbocycles. The van der Waals surface area contributed by atoms with Gasteiger partial charge in [0.25, 0.3) is 5.91 Å². The summed E-state index contributed by atoms with van der Waals surface area (Å²) in [6, 6.07) is 7.41. The number of nitrogens with one attached hydrogen (secondary N) is 1. The molecule has 1 fully saturated rings. The lowest BCUT2D eigenvalue weighted by Gasteiger charge is -2.26. The van der Waals surface area contributed by atoms with Gasteiger partial charge in [-0.1, -0.05) is 0 Å². The molecule has 0 radical (unpaired) electrons. The number of carbonyl (C=O) groups is 1. The summed E-state index contributed by atoms with van der Waals surface area (Å²) in [6.45, 7) is 5.82. The number of rotatable bonds is 6. The third-order valence-corrected chi connectivity index (χ3v) is 3.72. The van der Waals surface area contributed by atoms with Crippen LogP contribution in [-0.4, -0.2) is 24.7 Å². The Morgan fingerprint density at radius 3 is 2.35 bits per heavy atom. The summed E-state index contributed by atoms with van der Waals surface area (Å²) in [7, 11) is 1.59. The van der Waals surface area contributed by atoms with Gasteiger partial charge in [0, 0.05) is 12.8 Å². The standard InChI is InChI=1S/C16H23NO3/c1-11(2)20-14-9-7-13(8-10-14)17-15(18)16(3,19-4)12-5-6-12/h7-12H,5-6H2,1-4H3,(H,17,18)/t16-/m1/s1. The first-order valence-electron chi connectivity index (χ1n) is 7.09. The maximum atomic E-state index is 12.3. The third-order valence-electron chi connectivity index (χ3n) is 3.72. The van der Waals surface area contributed by atoms with Crippen molar-refractivity contribution in [3.8, 4) is 5.75 Å². The first-order valence-corrected chi connectivity index (χ1v) is 7.09. The van der Waals surface area contributed by atoms with Gasteiger partial charge in [0.2, 0.25) is 0 Å². The van der Waals surface area contributed by atoms with E-state index in [9.17, 15) is 4.79 Å². The van der Waals surface area contributed by atoms with Gasteiger partial charge in [-0.05, 0) is 63.8 Å². The Morgan fingerprint density at radius 2 is 1.90 bits per heavy atom. The molecule has 0 heterocycles. The number of anilines is 1. The van der Waals surface area contributed by atoms with Crippen LogP contribution in [0.3, 0.4) is 0 Å². The smallest absolute Gasteiger partial charge is 0.256 e. The minimum Gasteiger partial charge on any atom is -0.491 e. The number of hydrogen-bond acceptors (Lipinski definition) is 3. The molecule has 110 valence electrons. The van der Waals surface area contributed by atoms with Gasteiger partial charge in [-0.15, -0.1) is 0 Å². The van der Waals surface area contributed by atoms with Gasteiger partial charge in [0.15, 0.2) is 0 Å². The first kappa shape index (κ1) is 14.9. The molecule has 0 bridgehead atoms. The number of benzene rings is 1. The molecule has 1 saturated carbocycles. The van der Waals surface area contributed by atoms with Gasteiger partial charge < -0.3 is 14.8 Å². The summed E-state index contributed by atoms with van der Waals surface area (Å²) in [5.41, 5.74) is 0.0302. The zero-order valence-corrected chi connectivity index (χ0v) is 12.6. The number of ether oxygens (including phenoxy) is 2. The van der Waals surface area contributed by atoms with E-state index in [0.717, 1.165) is 24.3 Å². The topological polar surface area (TPSA) is 47.6 Å². The lowest BCUT2D eigenvalue weighted by molar-refractivity contribution is -0.138. The van der Waals surface area contributed by atoms with Crippen LogP contribution in [-0.2, 0) is 9.53 Å². The Labute approximate surface area is 120 Å². The lowest BCUT2D eigenvalue weighted by Crippen LogP contribution is -2.44. The predicted molar refractivity (Wildman–Crippen MR) is 79.0 cm³/mol. The van der Waals surface area contributed by atoms with Gasteiger partial charge in [-0.25, -0.2) is 0 Å². The highest BCUT2D eigenvalue weighted by Gasteiger charge is 2.47. The molecule has 4 nitrogen and oxygen atoms in total. The van der Waals surface area contributed by atoms with Crippen molar-refractivity contribution in [3.63, 3.8) is 0 Å². The molecule has 1 atom stereocenters. The lowest BCUT2D eigenvalue weighted by atomic mass is 9.99. The largest absolute Gasteiger partial charge is 0.491 e. The van der Waals surface area contributed by atoms with Crippen LogP contribution in [0, 0.1) is 5.92 Å². The molecular weight excluding hydrogens is 254 g/mol. The fraction of sp³-hybridized carbons (Fsp3) is 0.562. The quantitative estimate of drug-likeness (QED) is 0.868. The van der Waals surface area contributed by atoms with Crippen LogP contribution in [0.2, 0.25) is 0 Å². The Bertz CT molecular complexity index is 465. The summed E-state index contributed by atoms with van der Waals surface area (Å²) in [6.07, 6.45) is 2.25. The predicted octanol–water partition coefficient (Wildman–Crippen LogP) is 3.23. The fourth-order valence-corrected chi connectivity index (χ4v) is 2.22. The van der Waals surface area contributed by atoms with Crippen molar-refractivity contribution in [2.45, 2.75) is 45.3 Å². The molecule has 2 rings (SSSR count). The maximum Gasteiger partial charge on any atom is 0.256 e. The van der Waals surface area contributed by atoms with Crippen LogP contribution in [0.1, 0.15) is 33.6 Å². The van der Waals surface area contributed by atoms with Gasteiger partial charge >= 0.3 is 0 Å². The van der Waals surface area contributed by atoms with Gasteiger partial charge in [0.05, 0.1) is 6.10 Å². The Morgan fingerprint density at radius 1 is 1.30 bits per heavy atom. The van der Waals surface area contributed by atoms with Crippen LogP contribution in [0.5, 0.6) is 5.75 Å². The van der Waals surface area contributed by atoms with Crippen molar-refractivity contribution in [3.05, 3.63) is 24.3 Å². The highest BCUT2D eigenvalue weighted by Crippen LogP contribution is 2.42. The average molecular weight is 277 g/mol. The Hall–Kier alpha value is -1.55. The van der Waals surface area contributed by atoms with Crippen molar-refractivity contribution < 1.29 is 14.3 Å². The second-order valence-electron chi connectivity index (χ2n) is 5.73. The molecule has 0 spiro atoms. The van der Waals surface area contributed by atoms with Crippen molar-refractivity contribution in [1.82, 2.24) is 0 Å². The molecule has 1 aliphatic rings. The highest BCUT2D eigenvalue weighted by atomic mass is 16.5. The minimum absolute atomic E-state index is 0.0833. The molecule has 0 aromatic heterocycles. The molecule has 1 aliphatic carbocycles. The van der Waals surface area contributed by atoms with Gasteiger partial charge in [-0.3, -0.25) is 4.79 Å². The maximum absolute atomic E-state index is 12.3. The Kier molecular flexibility index (Phi) is 4.33. The zero-order valence-electron chi connectivity index (χ0n) is 12.6. The summed E-state index contributed by atoms with van der Waals surface area (Å²) in [5.74, 6) is 1.05. The van der Waals surface area contributed by atoms with Crippen molar-refractivity contribution in [2.24, 2.45) is 5.92 Å². The molecule has 4 heteroatoms. The van der Waals surface area contributed by atoms with Crippen LogP contribution >= 0.6 is 0 Å². The molecule has 1 N–H and O–H groups in total. The SMILES string of the molecule is CO[C@@](C)(C(=O)Nc1ccc(OC(C)C)cc1)C1CC1. The van der Waals surface area contributed by atoms with E-state index in [1.807, 2.05) is 45.0 Å². The summed E-state index contributed by atoms with van der Waals surface area (Å²) < 4.78 is 11.0. The summed E-state index contributed by atoms with van der Waals surface area (Å²) >= 11 is 0. The highest BCUT2D eigenvalue weighted by molar-refractivity contribution is 5.97. The second-order valence-corrected chi connectivity index (χ2v) is 5.73. The van der Waals surface area contributed by atoms with Crippen molar-refractivity contribution in [1.29, 1.82) is 0 Å². The van der Waals surface area contributed by atoms with Gasteiger partial charge in [-0.2, -0.15) is 0 Å². The second kappa shape index (κ2) is 5.83. The third kappa shape index (κ3) is 3.31. The molecule has 0 unspecified atom stereocenters.